The third kappa shape index (κ3) is 4.23. The number of hydrogen-bond acceptors (Lipinski definition) is 4. The van der Waals surface area contributed by atoms with Crippen LogP contribution in [0.5, 0.6) is 0 Å². The molecular weight excluding hydrogens is 344 g/mol. The molecule has 0 saturated heterocycles. The van der Waals surface area contributed by atoms with Crippen LogP contribution in [-0.2, 0) is 9.53 Å². The van der Waals surface area contributed by atoms with Crippen molar-refractivity contribution in [3.63, 3.8) is 0 Å². The normalized spacial score (nSPS) is 11.8. The molecule has 1 aromatic heterocycles. The molecule has 0 radical (unpaired) electrons. The van der Waals surface area contributed by atoms with Crippen molar-refractivity contribution in [3.05, 3.63) is 71.4 Å². The number of rotatable bonds is 6. The van der Waals surface area contributed by atoms with E-state index in [0.29, 0.717) is 11.1 Å². The van der Waals surface area contributed by atoms with E-state index in [2.05, 4.69) is 10.3 Å². The fraction of sp³-hybridized carbons (Fsp3) is 0.190. The van der Waals surface area contributed by atoms with Crippen LogP contribution in [0.25, 0.3) is 10.9 Å². The maximum atomic E-state index is 12.3. The van der Waals surface area contributed by atoms with Crippen molar-refractivity contribution in [2.75, 3.05) is 6.61 Å². The Morgan fingerprint density at radius 3 is 2.48 bits per heavy atom. The van der Waals surface area contributed by atoms with Crippen LogP contribution in [0.3, 0.4) is 0 Å². The van der Waals surface area contributed by atoms with Gasteiger partial charge in [0.2, 0.25) is 5.91 Å². The van der Waals surface area contributed by atoms with E-state index in [1.807, 2.05) is 31.2 Å². The standard InChI is InChI=1S/C21H20N2O4/c1-13(23-14(2)24)15-7-9-16(10-8-15)20(25)12-27-21(26)18-11-22-19-6-4-3-5-17(18)19/h3-11,13,22H,12H2,1-2H3,(H,23,24)/t13-/m1/s1. The second-order valence-corrected chi connectivity index (χ2v) is 6.29. The van der Waals surface area contributed by atoms with Gasteiger partial charge in [-0.05, 0) is 18.6 Å². The van der Waals surface area contributed by atoms with Crippen molar-refractivity contribution in [1.29, 1.82) is 0 Å². The first kappa shape index (κ1) is 18.4. The van der Waals surface area contributed by atoms with Crippen LogP contribution in [0.4, 0.5) is 0 Å². The Kier molecular flexibility index (Phi) is 5.35. The number of benzene rings is 2. The van der Waals surface area contributed by atoms with Crippen LogP contribution in [0, 0.1) is 0 Å². The number of esters is 1. The third-order valence-electron chi connectivity index (χ3n) is 4.30. The Morgan fingerprint density at radius 2 is 1.78 bits per heavy atom. The van der Waals surface area contributed by atoms with Gasteiger partial charge in [-0.25, -0.2) is 4.79 Å². The monoisotopic (exact) mass is 364 g/mol. The Balaban J connectivity index is 1.62. The summed E-state index contributed by atoms with van der Waals surface area (Å²) >= 11 is 0. The van der Waals surface area contributed by atoms with Gasteiger partial charge in [-0.15, -0.1) is 0 Å². The number of amides is 1. The van der Waals surface area contributed by atoms with Gasteiger partial charge in [-0.3, -0.25) is 9.59 Å². The zero-order chi connectivity index (χ0) is 19.4. The number of fused-ring (bicyclic) bond motifs is 1. The van der Waals surface area contributed by atoms with E-state index in [-0.39, 0.29) is 24.3 Å². The first-order valence-corrected chi connectivity index (χ1v) is 8.59. The zero-order valence-corrected chi connectivity index (χ0v) is 15.1. The predicted octanol–water partition coefficient (Wildman–Crippen LogP) is 3.40. The number of hydrogen-bond donors (Lipinski definition) is 2. The fourth-order valence-electron chi connectivity index (χ4n) is 2.88. The predicted molar refractivity (Wildman–Crippen MR) is 102 cm³/mol. The first-order chi connectivity index (χ1) is 13.0. The van der Waals surface area contributed by atoms with Crippen LogP contribution in [0.15, 0.2) is 54.7 Å². The summed E-state index contributed by atoms with van der Waals surface area (Å²) in [6.45, 7) is 2.98. The Bertz CT molecular complexity index is 989. The number of aromatic nitrogens is 1. The molecular formula is C21H20N2O4. The minimum Gasteiger partial charge on any atom is -0.454 e. The van der Waals surface area contributed by atoms with Crippen LogP contribution in [0.1, 0.15) is 46.2 Å². The number of carbonyl (C=O) groups is 3. The van der Waals surface area contributed by atoms with Gasteiger partial charge in [0.25, 0.3) is 0 Å². The molecule has 0 aliphatic rings. The number of Topliss-reactive ketones (excluding diaryl/α,β-unsaturated/α-hetero) is 1. The number of ketones is 1. The summed E-state index contributed by atoms with van der Waals surface area (Å²) in [5, 5.41) is 3.54. The molecule has 0 aliphatic carbocycles. The van der Waals surface area contributed by atoms with Crippen LogP contribution >= 0.6 is 0 Å². The summed E-state index contributed by atoms with van der Waals surface area (Å²) < 4.78 is 5.18. The van der Waals surface area contributed by atoms with Crippen molar-refractivity contribution in [2.45, 2.75) is 19.9 Å². The summed E-state index contributed by atoms with van der Waals surface area (Å²) in [4.78, 5) is 38.7. The molecule has 1 heterocycles. The van der Waals surface area contributed by atoms with Gasteiger partial charge in [0.1, 0.15) is 0 Å². The Morgan fingerprint density at radius 1 is 1.07 bits per heavy atom. The molecule has 6 heteroatoms. The van der Waals surface area contributed by atoms with Gasteiger partial charge >= 0.3 is 5.97 Å². The van der Waals surface area contributed by atoms with Gasteiger partial charge in [-0.1, -0.05) is 42.5 Å². The molecule has 1 amide bonds. The van der Waals surface area contributed by atoms with Crippen molar-refractivity contribution in [2.24, 2.45) is 0 Å². The summed E-state index contributed by atoms with van der Waals surface area (Å²) in [6, 6.07) is 14.1. The third-order valence-corrected chi connectivity index (χ3v) is 4.30. The topological polar surface area (TPSA) is 88.3 Å². The molecule has 0 unspecified atom stereocenters. The first-order valence-electron chi connectivity index (χ1n) is 8.59. The maximum Gasteiger partial charge on any atom is 0.340 e. The summed E-state index contributed by atoms with van der Waals surface area (Å²) in [7, 11) is 0. The van der Waals surface area contributed by atoms with Gasteiger partial charge in [0.15, 0.2) is 12.4 Å². The van der Waals surface area contributed by atoms with E-state index < -0.39 is 5.97 Å². The minimum absolute atomic E-state index is 0.119. The lowest BCUT2D eigenvalue weighted by atomic mass is 10.0. The summed E-state index contributed by atoms with van der Waals surface area (Å²) in [5.74, 6) is -0.953. The molecule has 0 aliphatic heterocycles. The van der Waals surface area contributed by atoms with Gasteiger partial charge in [0, 0.05) is 29.6 Å². The van der Waals surface area contributed by atoms with E-state index in [9.17, 15) is 14.4 Å². The van der Waals surface area contributed by atoms with E-state index >= 15 is 0 Å². The Hall–Kier alpha value is -3.41. The molecule has 0 spiro atoms. The molecule has 0 fully saturated rings. The maximum absolute atomic E-state index is 12.3. The van der Waals surface area contributed by atoms with Crippen molar-refractivity contribution in [3.8, 4) is 0 Å². The van der Waals surface area contributed by atoms with Crippen molar-refractivity contribution < 1.29 is 19.1 Å². The fourth-order valence-corrected chi connectivity index (χ4v) is 2.88. The van der Waals surface area contributed by atoms with Crippen LogP contribution < -0.4 is 5.32 Å². The van der Waals surface area contributed by atoms with E-state index in [4.69, 9.17) is 4.74 Å². The zero-order valence-electron chi connectivity index (χ0n) is 15.1. The molecule has 3 rings (SSSR count). The van der Waals surface area contributed by atoms with Crippen molar-refractivity contribution >= 4 is 28.6 Å². The second-order valence-electron chi connectivity index (χ2n) is 6.29. The molecule has 2 aromatic carbocycles. The molecule has 0 saturated carbocycles. The SMILES string of the molecule is CC(=O)N[C@H](C)c1ccc(C(=O)COC(=O)c2c[nH]c3ccccc23)cc1. The average molecular weight is 364 g/mol. The molecule has 6 nitrogen and oxygen atoms in total. The minimum atomic E-state index is -0.545. The average Bonchev–Trinajstić information content (AvgIpc) is 3.09. The second kappa shape index (κ2) is 7.86. The summed E-state index contributed by atoms with van der Waals surface area (Å²) in [6.07, 6.45) is 1.58. The lowest BCUT2D eigenvalue weighted by molar-refractivity contribution is -0.119. The highest BCUT2D eigenvalue weighted by atomic mass is 16.5. The van der Waals surface area contributed by atoms with Crippen LogP contribution in [0.2, 0.25) is 0 Å². The summed E-state index contributed by atoms with van der Waals surface area (Å²) in [5.41, 5.74) is 2.57. The lowest BCUT2D eigenvalue weighted by Crippen LogP contribution is -2.23. The van der Waals surface area contributed by atoms with E-state index in [0.717, 1.165) is 16.5 Å². The number of nitrogens with one attached hydrogen (secondary N) is 2. The van der Waals surface area contributed by atoms with Crippen molar-refractivity contribution in [1.82, 2.24) is 10.3 Å². The van der Waals surface area contributed by atoms with Gasteiger partial charge < -0.3 is 15.0 Å². The number of ether oxygens (including phenoxy) is 1. The quantitative estimate of drug-likeness (QED) is 0.518. The largest absolute Gasteiger partial charge is 0.454 e. The number of H-pyrrole nitrogens is 1. The molecule has 1 atom stereocenters. The molecule has 27 heavy (non-hydrogen) atoms. The molecule has 0 bridgehead atoms. The highest BCUT2D eigenvalue weighted by Gasteiger charge is 2.16. The van der Waals surface area contributed by atoms with Crippen LogP contribution in [-0.4, -0.2) is 29.3 Å². The van der Waals surface area contributed by atoms with E-state index in [1.54, 1.807) is 30.5 Å². The highest BCUT2D eigenvalue weighted by Crippen LogP contribution is 2.19. The van der Waals surface area contributed by atoms with E-state index in [1.165, 1.54) is 6.92 Å². The lowest BCUT2D eigenvalue weighted by Gasteiger charge is -2.13. The molecule has 138 valence electrons. The number of carbonyl (C=O) groups excluding carboxylic acids is 3. The number of para-hydroxylation sites is 1. The van der Waals surface area contributed by atoms with Gasteiger partial charge in [0.05, 0.1) is 11.6 Å². The smallest absolute Gasteiger partial charge is 0.340 e. The number of aromatic amines is 1. The molecule has 2 N–H and O–H groups in total. The molecule has 3 aromatic rings. The Labute approximate surface area is 156 Å². The highest BCUT2D eigenvalue weighted by molar-refractivity contribution is 6.05. The van der Waals surface area contributed by atoms with Gasteiger partial charge in [-0.2, -0.15) is 0 Å².